The van der Waals surface area contributed by atoms with Crippen LogP contribution in [0.2, 0.25) is 0 Å². The summed E-state index contributed by atoms with van der Waals surface area (Å²) in [6.07, 6.45) is 0. The smallest absolute Gasteiger partial charge is 0.369 e. The van der Waals surface area contributed by atoms with Crippen molar-refractivity contribution in [3.8, 4) is 5.75 Å². The predicted molar refractivity (Wildman–Crippen MR) is 61.0 cm³/mol. The molecule has 0 amide bonds. The van der Waals surface area contributed by atoms with Gasteiger partial charge in [0.05, 0.1) is 0 Å². The molecule has 8 heteroatoms. The quantitative estimate of drug-likeness (QED) is 0.225. The Balaban J connectivity index is 2.75. The molecule has 0 unspecified atom stereocenters. The van der Waals surface area contributed by atoms with Crippen molar-refractivity contribution in [3.05, 3.63) is 29.8 Å². The molecule has 17 heavy (non-hydrogen) atoms. The Morgan fingerprint density at radius 1 is 1.24 bits per heavy atom. The van der Waals surface area contributed by atoms with E-state index in [1.54, 1.807) is 12.1 Å². The van der Waals surface area contributed by atoms with Crippen LogP contribution in [-0.2, 0) is 4.84 Å². The van der Waals surface area contributed by atoms with Crippen LogP contribution < -0.4 is 17.2 Å². The molecule has 0 bridgehead atoms. The number of phenols is 1. The topological polar surface area (TPSA) is 149 Å². The zero-order valence-electron chi connectivity index (χ0n) is 8.70. The van der Waals surface area contributed by atoms with Crippen molar-refractivity contribution in [1.29, 1.82) is 0 Å². The first-order valence-corrected chi connectivity index (χ1v) is 4.43. The molecule has 1 aromatic carbocycles. The summed E-state index contributed by atoms with van der Waals surface area (Å²) >= 11 is 0. The van der Waals surface area contributed by atoms with Crippen molar-refractivity contribution < 1.29 is 14.7 Å². The predicted octanol–water partition coefficient (Wildman–Crippen LogP) is -0.948. The molecule has 8 nitrogen and oxygen atoms in total. The summed E-state index contributed by atoms with van der Waals surface area (Å²) < 4.78 is 0. The molecule has 0 aliphatic heterocycles. The molecular weight excluding hydrogens is 226 g/mol. The van der Waals surface area contributed by atoms with Crippen LogP contribution >= 0.6 is 0 Å². The maximum atomic E-state index is 11.4. The van der Waals surface area contributed by atoms with Crippen LogP contribution in [0.4, 0.5) is 0 Å². The maximum Gasteiger partial charge on any atom is 0.369 e. The Kier molecular flexibility index (Phi) is 3.87. The minimum atomic E-state index is -0.878. The monoisotopic (exact) mass is 237 g/mol. The van der Waals surface area contributed by atoms with Crippen LogP contribution in [-0.4, -0.2) is 23.0 Å². The Labute approximate surface area is 96.4 Å². The van der Waals surface area contributed by atoms with Gasteiger partial charge in [0, 0.05) is 0 Å². The summed E-state index contributed by atoms with van der Waals surface area (Å²) in [6.45, 7) is 0. The number of aromatic hydroxyl groups is 1. The van der Waals surface area contributed by atoms with Crippen molar-refractivity contribution in [3.63, 3.8) is 0 Å². The first-order chi connectivity index (χ1) is 8.00. The van der Waals surface area contributed by atoms with Gasteiger partial charge >= 0.3 is 5.97 Å². The Bertz CT molecular complexity index is 479. The minimum Gasteiger partial charge on any atom is -0.507 e. The second kappa shape index (κ2) is 5.35. The molecule has 0 fully saturated rings. The largest absolute Gasteiger partial charge is 0.507 e. The fourth-order valence-corrected chi connectivity index (χ4v) is 0.936. The number of hydrogen-bond acceptors (Lipinski definition) is 4. The van der Waals surface area contributed by atoms with E-state index >= 15 is 0 Å². The standard InChI is InChI=1S/C9H11N5O3/c10-8(11)13-9(12)14-17-7(16)5-3-1-2-4-6(5)15/h1-4,15H,(H6,10,11,12,13,14). The molecule has 0 saturated heterocycles. The van der Waals surface area contributed by atoms with Gasteiger partial charge in [-0.25, -0.2) is 4.79 Å². The van der Waals surface area contributed by atoms with Crippen LogP contribution in [0.25, 0.3) is 0 Å². The van der Waals surface area contributed by atoms with Crippen molar-refractivity contribution in [2.75, 3.05) is 0 Å². The molecule has 7 N–H and O–H groups in total. The van der Waals surface area contributed by atoms with Crippen molar-refractivity contribution in [2.45, 2.75) is 0 Å². The number of guanidine groups is 2. The van der Waals surface area contributed by atoms with Crippen LogP contribution in [0.3, 0.4) is 0 Å². The van der Waals surface area contributed by atoms with Crippen molar-refractivity contribution in [2.24, 2.45) is 27.3 Å². The van der Waals surface area contributed by atoms with Gasteiger partial charge in [-0.2, -0.15) is 4.99 Å². The lowest BCUT2D eigenvalue weighted by molar-refractivity contribution is 0.0512. The molecule has 0 radical (unpaired) electrons. The van der Waals surface area contributed by atoms with Crippen LogP contribution in [0, 0.1) is 0 Å². The second-order valence-corrected chi connectivity index (χ2v) is 2.88. The summed E-state index contributed by atoms with van der Waals surface area (Å²) in [4.78, 5) is 19.1. The summed E-state index contributed by atoms with van der Waals surface area (Å²) in [5.74, 6) is -1.83. The maximum absolute atomic E-state index is 11.4. The number of nitrogens with two attached hydrogens (primary N) is 3. The summed E-state index contributed by atoms with van der Waals surface area (Å²) in [5, 5.41) is 12.5. The molecule has 0 aliphatic carbocycles. The number of oxime groups is 1. The molecule has 90 valence electrons. The highest BCUT2D eigenvalue weighted by atomic mass is 16.7. The van der Waals surface area contributed by atoms with E-state index < -0.39 is 11.9 Å². The first-order valence-electron chi connectivity index (χ1n) is 4.43. The number of carbonyl (C=O) groups is 1. The third kappa shape index (κ3) is 3.70. The molecule has 1 aromatic rings. The van der Waals surface area contributed by atoms with E-state index in [-0.39, 0.29) is 17.3 Å². The molecule has 1 rings (SSSR count). The molecule has 0 aromatic heterocycles. The van der Waals surface area contributed by atoms with Gasteiger partial charge < -0.3 is 27.1 Å². The Morgan fingerprint density at radius 2 is 1.88 bits per heavy atom. The highest BCUT2D eigenvalue weighted by molar-refractivity contribution is 5.94. The lowest BCUT2D eigenvalue weighted by atomic mass is 10.2. The third-order valence-electron chi connectivity index (χ3n) is 1.59. The van der Waals surface area contributed by atoms with E-state index in [0.717, 1.165) is 0 Å². The van der Waals surface area contributed by atoms with Crippen LogP contribution in [0.15, 0.2) is 34.4 Å². The van der Waals surface area contributed by atoms with Crippen molar-refractivity contribution in [1.82, 2.24) is 0 Å². The molecule has 0 spiro atoms. The SMILES string of the molecule is NC(N)=N/C(N)=N/OC(=O)c1ccccc1O. The van der Waals surface area contributed by atoms with Gasteiger partial charge in [0.15, 0.2) is 5.96 Å². The number of hydrogen-bond donors (Lipinski definition) is 4. The highest BCUT2D eigenvalue weighted by Crippen LogP contribution is 2.16. The zero-order valence-corrected chi connectivity index (χ0v) is 8.70. The number of para-hydroxylation sites is 1. The Hall–Kier alpha value is -2.77. The van der Waals surface area contributed by atoms with Gasteiger partial charge in [-0.05, 0) is 17.3 Å². The zero-order chi connectivity index (χ0) is 12.8. The fraction of sp³-hybridized carbons (Fsp3) is 0. The van der Waals surface area contributed by atoms with E-state index in [2.05, 4.69) is 15.0 Å². The molecule has 0 saturated carbocycles. The lowest BCUT2D eigenvalue weighted by Gasteiger charge is -2.00. The summed E-state index contributed by atoms with van der Waals surface area (Å²) in [5.41, 5.74) is 15.2. The number of nitrogens with zero attached hydrogens (tertiary/aromatic N) is 2. The second-order valence-electron chi connectivity index (χ2n) is 2.88. The molecule has 0 aliphatic rings. The third-order valence-corrected chi connectivity index (χ3v) is 1.59. The van der Waals surface area contributed by atoms with E-state index in [0.29, 0.717) is 0 Å². The van der Waals surface area contributed by atoms with Crippen molar-refractivity contribution >= 4 is 17.9 Å². The number of phenolic OH excluding ortho intramolecular Hbond substituents is 1. The fourth-order valence-electron chi connectivity index (χ4n) is 0.936. The number of aliphatic imine (C=N–C) groups is 1. The van der Waals surface area contributed by atoms with E-state index in [1.165, 1.54) is 12.1 Å². The van der Waals surface area contributed by atoms with Gasteiger partial charge in [0.2, 0.25) is 0 Å². The van der Waals surface area contributed by atoms with E-state index in [4.69, 9.17) is 17.2 Å². The van der Waals surface area contributed by atoms with Gasteiger partial charge in [-0.3, -0.25) is 0 Å². The number of benzene rings is 1. The summed E-state index contributed by atoms with van der Waals surface area (Å²) in [7, 11) is 0. The van der Waals surface area contributed by atoms with Crippen LogP contribution in [0.5, 0.6) is 5.75 Å². The average molecular weight is 237 g/mol. The normalized spacial score (nSPS) is 10.7. The van der Waals surface area contributed by atoms with E-state index in [1.807, 2.05) is 0 Å². The first kappa shape index (κ1) is 12.3. The van der Waals surface area contributed by atoms with Crippen LogP contribution in [0.1, 0.15) is 10.4 Å². The number of rotatable bonds is 2. The van der Waals surface area contributed by atoms with Gasteiger partial charge in [-0.1, -0.05) is 12.1 Å². The van der Waals surface area contributed by atoms with Gasteiger partial charge in [0.25, 0.3) is 5.96 Å². The Morgan fingerprint density at radius 3 is 2.47 bits per heavy atom. The highest BCUT2D eigenvalue weighted by Gasteiger charge is 2.11. The van der Waals surface area contributed by atoms with Gasteiger partial charge in [0.1, 0.15) is 11.3 Å². The van der Waals surface area contributed by atoms with Gasteiger partial charge in [-0.15, -0.1) is 0 Å². The molecule has 0 heterocycles. The molecular formula is C9H11N5O3. The minimum absolute atomic E-state index is 0.0475. The van der Waals surface area contributed by atoms with E-state index in [9.17, 15) is 9.90 Å². The lowest BCUT2D eigenvalue weighted by Crippen LogP contribution is -2.26. The molecule has 0 atom stereocenters. The number of carbonyl (C=O) groups excluding carboxylic acids is 1. The average Bonchev–Trinajstić information content (AvgIpc) is 2.25. The summed E-state index contributed by atoms with van der Waals surface area (Å²) in [6, 6.07) is 5.81.